The number of thiophene rings is 1. The number of hydrogen-bond donors (Lipinski definition) is 0. The highest BCUT2D eigenvalue weighted by Crippen LogP contribution is 2.21. The first kappa shape index (κ1) is 19.7. The van der Waals surface area contributed by atoms with Gasteiger partial charge in [0.2, 0.25) is 15.8 Å². The van der Waals surface area contributed by atoms with Crippen LogP contribution in [0.1, 0.15) is 16.2 Å². The molecule has 3 aromatic rings. The molecule has 0 aliphatic carbocycles. The van der Waals surface area contributed by atoms with Gasteiger partial charge in [0.1, 0.15) is 0 Å². The van der Waals surface area contributed by atoms with E-state index in [1.165, 1.54) is 39.9 Å². The van der Waals surface area contributed by atoms with Crippen molar-refractivity contribution in [3.05, 3.63) is 52.5 Å². The number of benzene rings is 1. The minimum Gasteiger partial charge on any atom is -0.454 e. The van der Waals surface area contributed by atoms with Gasteiger partial charge in [-0.15, -0.1) is 0 Å². The van der Waals surface area contributed by atoms with Crippen molar-refractivity contribution in [2.24, 2.45) is 0 Å². The molecule has 9 nitrogen and oxygen atoms in total. The van der Waals surface area contributed by atoms with Crippen molar-refractivity contribution in [3.63, 3.8) is 0 Å². The lowest BCUT2D eigenvalue weighted by atomic mass is 10.2. The number of sulfonamides is 1. The molecule has 0 atom stereocenters. The lowest BCUT2D eigenvalue weighted by Gasteiger charge is -2.26. The van der Waals surface area contributed by atoms with Gasteiger partial charge in [-0.1, -0.05) is 5.16 Å². The van der Waals surface area contributed by atoms with Crippen molar-refractivity contribution < 1.29 is 27.2 Å². The van der Waals surface area contributed by atoms with Crippen LogP contribution >= 0.6 is 11.3 Å². The van der Waals surface area contributed by atoms with Crippen LogP contribution in [0.2, 0.25) is 0 Å². The van der Waals surface area contributed by atoms with Gasteiger partial charge >= 0.3 is 5.97 Å². The van der Waals surface area contributed by atoms with Gasteiger partial charge in [0.05, 0.1) is 29.2 Å². The molecule has 2 aromatic heterocycles. The van der Waals surface area contributed by atoms with Crippen molar-refractivity contribution in [1.82, 2.24) is 14.4 Å². The second kappa shape index (κ2) is 8.41. The zero-order valence-electron chi connectivity index (χ0n) is 15.2. The quantitative estimate of drug-likeness (QED) is 0.542. The molecule has 152 valence electrons. The van der Waals surface area contributed by atoms with Crippen molar-refractivity contribution in [2.45, 2.75) is 11.5 Å². The van der Waals surface area contributed by atoms with E-state index >= 15 is 0 Å². The van der Waals surface area contributed by atoms with Gasteiger partial charge in [-0.05, 0) is 35.7 Å². The van der Waals surface area contributed by atoms with Crippen molar-refractivity contribution in [1.29, 1.82) is 0 Å². The predicted molar refractivity (Wildman–Crippen MR) is 103 cm³/mol. The number of rotatable bonds is 6. The van der Waals surface area contributed by atoms with Crippen molar-refractivity contribution >= 4 is 27.3 Å². The number of carbonyl (C=O) groups is 1. The van der Waals surface area contributed by atoms with E-state index in [9.17, 15) is 13.2 Å². The van der Waals surface area contributed by atoms with E-state index in [-0.39, 0.29) is 22.9 Å². The number of morpholine rings is 1. The highest BCUT2D eigenvalue weighted by atomic mass is 32.2. The summed E-state index contributed by atoms with van der Waals surface area (Å²) >= 11 is 1.51. The standard InChI is InChI=1S/C18H17N3O6S2/c22-18(26-11-16-19-17(27-20-16)14-5-10-28-12-14)13-1-3-15(4-2-13)29(23,24)21-6-8-25-9-7-21/h1-5,10,12H,6-9,11H2. The fourth-order valence-corrected chi connectivity index (χ4v) is 4.77. The molecule has 11 heteroatoms. The van der Waals surface area contributed by atoms with Gasteiger partial charge in [0.25, 0.3) is 5.89 Å². The first-order valence-electron chi connectivity index (χ1n) is 8.74. The summed E-state index contributed by atoms with van der Waals surface area (Å²) in [6.45, 7) is 1.20. The molecular formula is C18H17N3O6S2. The Morgan fingerprint density at radius 2 is 1.93 bits per heavy atom. The Labute approximate surface area is 170 Å². The van der Waals surface area contributed by atoms with Gasteiger partial charge < -0.3 is 14.0 Å². The summed E-state index contributed by atoms with van der Waals surface area (Å²) < 4.78 is 42.1. The third-order valence-electron chi connectivity index (χ3n) is 4.27. The summed E-state index contributed by atoms with van der Waals surface area (Å²) in [5.41, 5.74) is 1.03. The zero-order valence-corrected chi connectivity index (χ0v) is 16.8. The molecule has 1 fully saturated rings. The third kappa shape index (κ3) is 4.37. The van der Waals surface area contributed by atoms with Crippen LogP contribution in [0.15, 0.2) is 50.5 Å². The number of nitrogens with zero attached hydrogens (tertiary/aromatic N) is 3. The Hall–Kier alpha value is -2.60. The molecule has 1 aromatic carbocycles. The molecule has 0 radical (unpaired) electrons. The molecule has 0 amide bonds. The highest BCUT2D eigenvalue weighted by Gasteiger charge is 2.26. The molecule has 1 aliphatic rings. The van der Waals surface area contributed by atoms with E-state index in [2.05, 4.69) is 10.1 Å². The Morgan fingerprint density at radius 3 is 2.62 bits per heavy atom. The van der Waals surface area contributed by atoms with Crippen LogP contribution < -0.4 is 0 Å². The summed E-state index contributed by atoms with van der Waals surface area (Å²) in [5, 5.41) is 7.54. The van der Waals surface area contributed by atoms with E-state index < -0.39 is 16.0 Å². The van der Waals surface area contributed by atoms with Crippen LogP contribution in [0, 0.1) is 0 Å². The lowest BCUT2D eigenvalue weighted by Crippen LogP contribution is -2.40. The van der Waals surface area contributed by atoms with Crippen LogP contribution in [0.25, 0.3) is 11.5 Å². The SMILES string of the molecule is O=C(OCc1noc(-c2ccsc2)n1)c1ccc(S(=O)(=O)N2CCOCC2)cc1. The molecule has 1 aliphatic heterocycles. The van der Waals surface area contributed by atoms with Crippen LogP contribution in [0.5, 0.6) is 0 Å². The Bertz CT molecular complexity index is 1070. The number of esters is 1. The monoisotopic (exact) mass is 435 g/mol. The molecule has 0 unspecified atom stereocenters. The largest absolute Gasteiger partial charge is 0.454 e. The fraction of sp³-hybridized carbons (Fsp3) is 0.278. The maximum Gasteiger partial charge on any atom is 0.338 e. The van der Waals surface area contributed by atoms with Crippen LogP contribution in [0.3, 0.4) is 0 Å². The topological polar surface area (TPSA) is 112 Å². The van der Waals surface area contributed by atoms with Gasteiger partial charge in [-0.2, -0.15) is 20.6 Å². The molecule has 0 N–H and O–H groups in total. The second-order valence-electron chi connectivity index (χ2n) is 6.14. The summed E-state index contributed by atoms with van der Waals surface area (Å²) in [4.78, 5) is 16.5. The molecule has 3 heterocycles. The average molecular weight is 435 g/mol. The first-order chi connectivity index (χ1) is 14.0. The molecule has 0 bridgehead atoms. The highest BCUT2D eigenvalue weighted by molar-refractivity contribution is 7.89. The maximum atomic E-state index is 12.6. The van der Waals surface area contributed by atoms with E-state index in [0.717, 1.165) is 5.56 Å². The van der Waals surface area contributed by atoms with Gasteiger partial charge in [0.15, 0.2) is 6.61 Å². The van der Waals surface area contributed by atoms with Gasteiger partial charge in [0, 0.05) is 18.5 Å². The van der Waals surface area contributed by atoms with Crippen molar-refractivity contribution in [2.75, 3.05) is 26.3 Å². The molecule has 0 saturated carbocycles. The third-order valence-corrected chi connectivity index (χ3v) is 6.86. The average Bonchev–Trinajstić information content (AvgIpc) is 3.44. The smallest absolute Gasteiger partial charge is 0.338 e. The van der Waals surface area contributed by atoms with Crippen LogP contribution in [-0.4, -0.2) is 55.1 Å². The Balaban J connectivity index is 1.38. The number of aromatic nitrogens is 2. The van der Waals surface area contributed by atoms with Crippen LogP contribution in [0.4, 0.5) is 0 Å². The zero-order chi connectivity index (χ0) is 20.3. The maximum absolute atomic E-state index is 12.6. The molecule has 4 rings (SSSR count). The summed E-state index contributed by atoms with van der Waals surface area (Å²) in [6.07, 6.45) is 0. The molecular weight excluding hydrogens is 418 g/mol. The van der Waals surface area contributed by atoms with Gasteiger partial charge in [-0.25, -0.2) is 13.2 Å². The predicted octanol–water partition coefficient (Wildman–Crippen LogP) is 2.18. The second-order valence-corrected chi connectivity index (χ2v) is 8.86. The Morgan fingerprint density at radius 1 is 1.17 bits per heavy atom. The van der Waals surface area contributed by atoms with E-state index in [4.69, 9.17) is 14.0 Å². The molecule has 29 heavy (non-hydrogen) atoms. The van der Waals surface area contributed by atoms with E-state index in [1.54, 1.807) is 0 Å². The summed E-state index contributed by atoms with van der Waals surface area (Å²) in [6, 6.07) is 7.47. The molecule has 0 spiro atoms. The lowest BCUT2D eigenvalue weighted by molar-refractivity contribution is 0.0459. The van der Waals surface area contributed by atoms with E-state index in [1.807, 2.05) is 16.8 Å². The van der Waals surface area contributed by atoms with Gasteiger partial charge in [-0.3, -0.25) is 0 Å². The normalized spacial score (nSPS) is 15.3. The minimum absolute atomic E-state index is 0.120. The van der Waals surface area contributed by atoms with E-state index in [0.29, 0.717) is 32.2 Å². The molecule has 1 saturated heterocycles. The number of hydrogen-bond acceptors (Lipinski definition) is 9. The number of carbonyl (C=O) groups excluding carboxylic acids is 1. The minimum atomic E-state index is -3.61. The van der Waals surface area contributed by atoms with Crippen LogP contribution in [-0.2, 0) is 26.1 Å². The summed E-state index contributed by atoms with van der Waals surface area (Å²) in [7, 11) is -3.61. The number of ether oxygens (including phenoxy) is 2. The first-order valence-corrected chi connectivity index (χ1v) is 11.1. The van der Waals surface area contributed by atoms with Crippen molar-refractivity contribution in [3.8, 4) is 11.5 Å². The summed E-state index contributed by atoms with van der Waals surface area (Å²) in [5.74, 6) is -0.0109. The Kier molecular flexibility index (Phi) is 5.72. The fourth-order valence-electron chi connectivity index (χ4n) is 2.73.